The third kappa shape index (κ3) is 7.71. The summed E-state index contributed by atoms with van der Waals surface area (Å²) >= 11 is 5.79. The fourth-order valence-electron chi connectivity index (χ4n) is 2.17. The lowest BCUT2D eigenvalue weighted by atomic mass is 10.2. The highest BCUT2D eigenvalue weighted by atomic mass is 35.5. The minimum atomic E-state index is -0.412. The molecule has 8 nitrogen and oxygen atoms in total. The second-order valence-corrected chi connectivity index (χ2v) is 6.12. The first-order chi connectivity index (χ1) is 14.0. The molecule has 0 aliphatic heterocycles. The van der Waals surface area contributed by atoms with Gasteiger partial charge in [-0.2, -0.15) is 5.10 Å². The maximum absolute atomic E-state index is 11.8. The Balaban J connectivity index is 1.85. The molecule has 154 valence electrons. The van der Waals surface area contributed by atoms with Crippen molar-refractivity contribution >= 4 is 29.6 Å². The molecule has 0 unspecified atom stereocenters. The molecule has 0 radical (unpaired) electrons. The van der Waals surface area contributed by atoms with E-state index in [-0.39, 0.29) is 19.1 Å². The fourth-order valence-corrected chi connectivity index (χ4v) is 2.29. The zero-order chi connectivity index (χ0) is 21.1. The summed E-state index contributed by atoms with van der Waals surface area (Å²) in [5, 5.41) is 7.12. The number of hydrazone groups is 1. The molecule has 2 rings (SSSR count). The van der Waals surface area contributed by atoms with E-state index in [1.54, 1.807) is 42.5 Å². The third-order valence-corrected chi connectivity index (χ3v) is 3.76. The summed E-state index contributed by atoms with van der Waals surface area (Å²) in [4.78, 5) is 23.3. The molecule has 2 amide bonds. The van der Waals surface area contributed by atoms with Crippen molar-refractivity contribution < 1.29 is 23.8 Å². The van der Waals surface area contributed by atoms with Gasteiger partial charge in [0.2, 0.25) is 0 Å². The molecule has 0 saturated heterocycles. The Hall–Kier alpha value is -3.26. The largest absolute Gasteiger partial charge is 0.493 e. The predicted molar refractivity (Wildman–Crippen MR) is 110 cm³/mol. The number of hydrogen-bond acceptors (Lipinski definition) is 6. The van der Waals surface area contributed by atoms with Crippen LogP contribution >= 0.6 is 11.6 Å². The number of methoxy groups -OCH3 is 1. The average Bonchev–Trinajstić information content (AvgIpc) is 2.72. The Morgan fingerprint density at radius 2 is 1.76 bits per heavy atom. The first-order valence-corrected chi connectivity index (χ1v) is 9.17. The molecule has 0 spiro atoms. The van der Waals surface area contributed by atoms with E-state index in [0.717, 1.165) is 0 Å². The minimum absolute atomic E-state index is 0.110. The third-order valence-electron chi connectivity index (χ3n) is 3.51. The summed E-state index contributed by atoms with van der Waals surface area (Å²) < 4.78 is 16.0. The molecule has 0 aliphatic carbocycles. The van der Waals surface area contributed by atoms with E-state index in [1.807, 2.05) is 6.92 Å². The highest BCUT2D eigenvalue weighted by molar-refractivity contribution is 6.30. The molecule has 2 N–H and O–H groups in total. The van der Waals surface area contributed by atoms with Gasteiger partial charge in [0, 0.05) is 11.6 Å². The number of benzene rings is 2. The summed E-state index contributed by atoms with van der Waals surface area (Å²) in [6, 6.07) is 11.7. The molecule has 2 aromatic carbocycles. The number of nitrogens with one attached hydrogen (secondary N) is 2. The van der Waals surface area contributed by atoms with Gasteiger partial charge in [-0.25, -0.2) is 5.43 Å². The number of carbonyl (C=O) groups is 2. The molecule has 0 atom stereocenters. The average molecular weight is 420 g/mol. The highest BCUT2D eigenvalue weighted by Crippen LogP contribution is 2.27. The van der Waals surface area contributed by atoms with Gasteiger partial charge < -0.3 is 19.5 Å². The predicted octanol–water partition coefficient (Wildman–Crippen LogP) is 2.39. The highest BCUT2D eigenvalue weighted by Gasteiger charge is 2.08. The van der Waals surface area contributed by atoms with Crippen LogP contribution in [0.5, 0.6) is 17.2 Å². The van der Waals surface area contributed by atoms with Crippen molar-refractivity contribution in [3.05, 3.63) is 53.1 Å². The van der Waals surface area contributed by atoms with E-state index in [4.69, 9.17) is 25.8 Å². The SMILES string of the molecule is CCNC(=O)COc1ccc(/C=N/NC(=O)COc2ccc(Cl)cc2)cc1OC. The van der Waals surface area contributed by atoms with Crippen LogP contribution in [0.25, 0.3) is 0 Å². The molecule has 0 aromatic heterocycles. The molecular formula is C20H22ClN3O5. The van der Waals surface area contributed by atoms with Crippen LogP contribution in [-0.2, 0) is 9.59 Å². The summed E-state index contributed by atoms with van der Waals surface area (Å²) in [5.74, 6) is 0.766. The van der Waals surface area contributed by atoms with Gasteiger partial charge >= 0.3 is 0 Å². The quantitative estimate of drug-likeness (QED) is 0.455. The molecule has 0 heterocycles. The molecule has 9 heteroatoms. The minimum Gasteiger partial charge on any atom is -0.493 e. The summed E-state index contributed by atoms with van der Waals surface area (Å²) in [6.45, 7) is 2.07. The second kappa shape index (κ2) is 11.6. The fraction of sp³-hybridized carbons (Fsp3) is 0.250. The van der Waals surface area contributed by atoms with Gasteiger partial charge in [-0.1, -0.05) is 11.6 Å². The lowest BCUT2D eigenvalue weighted by Gasteiger charge is -2.11. The van der Waals surface area contributed by atoms with Crippen LogP contribution in [-0.4, -0.2) is 44.9 Å². The number of likely N-dealkylation sites (N-methyl/N-ethyl adjacent to an activating group) is 1. The van der Waals surface area contributed by atoms with Crippen molar-refractivity contribution in [2.75, 3.05) is 26.9 Å². The zero-order valence-corrected chi connectivity index (χ0v) is 16.9. The molecule has 0 aliphatic rings. The second-order valence-electron chi connectivity index (χ2n) is 5.69. The Kier molecular flexibility index (Phi) is 8.78. The van der Waals surface area contributed by atoms with Crippen molar-refractivity contribution in [3.8, 4) is 17.2 Å². The van der Waals surface area contributed by atoms with E-state index in [9.17, 15) is 9.59 Å². The summed E-state index contributed by atoms with van der Waals surface area (Å²) in [6.07, 6.45) is 1.45. The van der Waals surface area contributed by atoms with E-state index < -0.39 is 5.91 Å². The number of rotatable bonds is 10. The maximum Gasteiger partial charge on any atom is 0.277 e. The number of halogens is 1. The zero-order valence-electron chi connectivity index (χ0n) is 16.1. The normalized spacial score (nSPS) is 10.4. The van der Waals surface area contributed by atoms with Gasteiger partial charge in [-0.3, -0.25) is 9.59 Å². The van der Waals surface area contributed by atoms with Gasteiger partial charge in [0.25, 0.3) is 11.8 Å². The van der Waals surface area contributed by atoms with Gasteiger partial charge in [-0.15, -0.1) is 0 Å². The number of hydrogen-bond donors (Lipinski definition) is 2. The van der Waals surface area contributed by atoms with Crippen molar-refractivity contribution in [1.29, 1.82) is 0 Å². The van der Waals surface area contributed by atoms with Gasteiger partial charge in [0.05, 0.1) is 13.3 Å². The molecule has 0 bridgehead atoms. The summed E-state index contributed by atoms with van der Waals surface area (Å²) in [5.41, 5.74) is 3.05. The van der Waals surface area contributed by atoms with Crippen LogP contribution in [0.15, 0.2) is 47.6 Å². The van der Waals surface area contributed by atoms with Crippen LogP contribution < -0.4 is 25.0 Å². The van der Waals surface area contributed by atoms with Crippen molar-refractivity contribution in [2.45, 2.75) is 6.92 Å². The number of nitrogens with zero attached hydrogens (tertiary/aromatic N) is 1. The number of amides is 2. The van der Waals surface area contributed by atoms with Crippen molar-refractivity contribution in [2.24, 2.45) is 5.10 Å². The number of ether oxygens (including phenoxy) is 3. The molecule has 0 saturated carbocycles. The van der Waals surface area contributed by atoms with Gasteiger partial charge in [-0.05, 0) is 55.0 Å². The van der Waals surface area contributed by atoms with Crippen LogP contribution in [0.4, 0.5) is 0 Å². The van der Waals surface area contributed by atoms with E-state index in [1.165, 1.54) is 13.3 Å². The van der Waals surface area contributed by atoms with Crippen LogP contribution in [0, 0.1) is 0 Å². The Labute approximate surface area is 173 Å². The molecule has 0 fully saturated rings. The first-order valence-electron chi connectivity index (χ1n) is 8.79. The molecular weight excluding hydrogens is 398 g/mol. The number of carbonyl (C=O) groups excluding carboxylic acids is 2. The standard InChI is InChI=1S/C20H22ClN3O5/c1-3-22-19(25)12-29-17-9-4-14(10-18(17)27-2)11-23-24-20(26)13-28-16-7-5-15(21)6-8-16/h4-11H,3,12-13H2,1-2H3,(H,22,25)(H,24,26)/b23-11+. The van der Waals surface area contributed by atoms with E-state index in [0.29, 0.717) is 34.4 Å². The van der Waals surface area contributed by atoms with E-state index >= 15 is 0 Å². The smallest absolute Gasteiger partial charge is 0.277 e. The van der Waals surface area contributed by atoms with Crippen LogP contribution in [0.2, 0.25) is 5.02 Å². The van der Waals surface area contributed by atoms with E-state index in [2.05, 4.69) is 15.8 Å². The Bertz CT molecular complexity index is 856. The monoisotopic (exact) mass is 419 g/mol. The Morgan fingerprint density at radius 1 is 1.03 bits per heavy atom. The topological polar surface area (TPSA) is 98.2 Å². The summed E-state index contributed by atoms with van der Waals surface area (Å²) in [7, 11) is 1.49. The lowest BCUT2D eigenvalue weighted by Crippen LogP contribution is -2.28. The molecule has 2 aromatic rings. The molecule has 29 heavy (non-hydrogen) atoms. The maximum atomic E-state index is 11.8. The Morgan fingerprint density at radius 3 is 2.45 bits per heavy atom. The van der Waals surface area contributed by atoms with Gasteiger partial charge in [0.15, 0.2) is 24.7 Å². The van der Waals surface area contributed by atoms with Crippen molar-refractivity contribution in [3.63, 3.8) is 0 Å². The van der Waals surface area contributed by atoms with Crippen LogP contribution in [0.1, 0.15) is 12.5 Å². The first kappa shape index (κ1) is 22.0. The van der Waals surface area contributed by atoms with Crippen LogP contribution in [0.3, 0.4) is 0 Å². The lowest BCUT2D eigenvalue weighted by molar-refractivity contribution is -0.123. The van der Waals surface area contributed by atoms with Crippen molar-refractivity contribution in [1.82, 2.24) is 10.7 Å². The van der Waals surface area contributed by atoms with Gasteiger partial charge in [0.1, 0.15) is 5.75 Å².